The average molecular weight is 348 g/mol. The quantitative estimate of drug-likeness (QED) is 0.817. The van der Waals surface area contributed by atoms with E-state index in [0.29, 0.717) is 0 Å². The summed E-state index contributed by atoms with van der Waals surface area (Å²) in [4.78, 5) is 4.46. The standard InChI is InChI=1S/C22H24N2O2/c25-21-19(23-13-11-15-5-1-3-7-17(15)23)9-10-20(22(21)26)24-14-12-16-6-2-4-8-18(16)24/h1-10,19-22,25-26H,11-14H2/t19-,20-,21+,22+/m0/s1. The van der Waals surface area contributed by atoms with Gasteiger partial charge in [0, 0.05) is 24.5 Å². The fourth-order valence-electron chi connectivity index (χ4n) is 4.78. The highest BCUT2D eigenvalue weighted by molar-refractivity contribution is 5.62. The van der Waals surface area contributed by atoms with E-state index in [1.807, 2.05) is 12.1 Å². The lowest BCUT2D eigenvalue weighted by Crippen LogP contribution is -2.57. The van der Waals surface area contributed by atoms with Crippen LogP contribution in [0, 0.1) is 0 Å². The van der Waals surface area contributed by atoms with Crippen LogP contribution in [0.3, 0.4) is 0 Å². The first-order chi connectivity index (χ1) is 12.7. The van der Waals surface area contributed by atoms with Gasteiger partial charge < -0.3 is 20.0 Å². The molecule has 5 rings (SSSR count). The van der Waals surface area contributed by atoms with E-state index in [-0.39, 0.29) is 12.1 Å². The molecule has 0 aromatic heterocycles. The first-order valence-corrected chi connectivity index (χ1v) is 9.47. The Kier molecular flexibility index (Phi) is 3.76. The van der Waals surface area contributed by atoms with Crippen LogP contribution in [0.2, 0.25) is 0 Å². The van der Waals surface area contributed by atoms with Crippen molar-refractivity contribution in [1.29, 1.82) is 0 Å². The molecule has 3 aliphatic rings. The Hall–Kier alpha value is -2.30. The first-order valence-electron chi connectivity index (χ1n) is 9.47. The zero-order valence-electron chi connectivity index (χ0n) is 14.7. The molecule has 0 spiro atoms. The van der Waals surface area contributed by atoms with E-state index in [4.69, 9.17) is 0 Å². The normalized spacial score (nSPS) is 29.8. The van der Waals surface area contributed by atoms with Gasteiger partial charge in [-0.3, -0.25) is 0 Å². The van der Waals surface area contributed by atoms with Gasteiger partial charge in [0.25, 0.3) is 0 Å². The van der Waals surface area contributed by atoms with Crippen molar-refractivity contribution in [2.75, 3.05) is 22.9 Å². The van der Waals surface area contributed by atoms with Crippen molar-refractivity contribution < 1.29 is 10.2 Å². The number of aliphatic hydroxyl groups is 2. The van der Waals surface area contributed by atoms with Gasteiger partial charge >= 0.3 is 0 Å². The van der Waals surface area contributed by atoms with Crippen LogP contribution in [0.4, 0.5) is 11.4 Å². The molecule has 2 aliphatic heterocycles. The molecule has 2 aromatic carbocycles. The van der Waals surface area contributed by atoms with Crippen molar-refractivity contribution in [2.24, 2.45) is 0 Å². The number of hydrogen-bond donors (Lipinski definition) is 2. The summed E-state index contributed by atoms with van der Waals surface area (Å²) in [5.41, 5.74) is 4.99. The van der Waals surface area contributed by atoms with Crippen molar-refractivity contribution in [2.45, 2.75) is 37.1 Å². The molecule has 0 bridgehead atoms. The minimum Gasteiger partial charge on any atom is -0.388 e. The van der Waals surface area contributed by atoms with Crippen LogP contribution in [0.5, 0.6) is 0 Å². The Bertz CT molecular complexity index is 780. The van der Waals surface area contributed by atoms with Crippen molar-refractivity contribution in [3.63, 3.8) is 0 Å². The third-order valence-electron chi connectivity index (χ3n) is 6.12. The molecule has 0 amide bonds. The second-order valence-corrected chi connectivity index (χ2v) is 7.49. The summed E-state index contributed by atoms with van der Waals surface area (Å²) in [6, 6.07) is 16.4. The summed E-state index contributed by atoms with van der Waals surface area (Å²) >= 11 is 0. The first kappa shape index (κ1) is 15.9. The van der Waals surface area contributed by atoms with E-state index >= 15 is 0 Å². The van der Waals surface area contributed by atoms with E-state index in [1.165, 1.54) is 22.5 Å². The molecule has 4 nitrogen and oxygen atoms in total. The number of para-hydroxylation sites is 2. The van der Waals surface area contributed by atoms with E-state index in [1.54, 1.807) is 0 Å². The van der Waals surface area contributed by atoms with Crippen LogP contribution in [-0.4, -0.2) is 47.6 Å². The lowest BCUT2D eigenvalue weighted by atomic mass is 9.90. The number of benzene rings is 2. The summed E-state index contributed by atoms with van der Waals surface area (Å²) in [7, 11) is 0. The zero-order chi connectivity index (χ0) is 17.7. The number of anilines is 2. The molecule has 0 fully saturated rings. The van der Waals surface area contributed by atoms with Gasteiger partial charge in [-0.2, -0.15) is 0 Å². The summed E-state index contributed by atoms with van der Waals surface area (Å²) in [6.45, 7) is 1.77. The molecular formula is C22H24N2O2. The Labute approximate surface area is 154 Å². The molecule has 26 heavy (non-hydrogen) atoms. The maximum atomic E-state index is 10.9. The minimum absolute atomic E-state index is 0.178. The number of nitrogens with zero attached hydrogens (tertiary/aromatic N) is 2. The smallest absolute Gasteiger partial charge is 0.106 e. The van der Waals surface area contributed by atoms with Crippen LogP contribution in [0.25, 0.3) is 0 Å². The number of hydrogen-bond acceptors (Lipinski definition) is 4. The highest BCUT2D eigenvalue weighted by atomic mass is 16.3. The fourth-order valence-corrected chi connectivity index (χ4v) is 4.78. The predicted octanol–water partition coefficient (Wildman–Crippen LogP) is 2.14. The van der Waals surface area contributed by atoms with Gasteiger partial charge in [0.15, 0.2) is 0 Å². The molecule has 134 valence electrons. The molecule has 0 saturated heterocycles. The monoisotopic (exact) mass is 348 g/mol. The molecule has 0 unspecified atom stereocenters. The van der Waals surface area contributed by atoms with E-state index in [9.17, 15) is 10.2 Å². The molecule has 0 saturated carbocycles. The topological polar surface area (TPSA) is 46.9 Å². The lowest BCUT2D eigenvalue weighted by Gasteiger charge is -2.42. The highest BCUT2D eigenvalue weighted by Gasteiger charge is 2.41. The van der Waals surface area contributed by atoms with E-state index < -0.39 is 12.2 Å². The molecule has 4 atom stereocenters. The molecular weight excluding hydrogens is 324 g/mol. The van der Waals surface area contributed by atoms with Crippen LogP contribution in [-0.2, 0) is 12.8 Å². The molecule has 2 aromatic rings. The Morgan fingerprint density at radius 1 is 0.654 bits per heavy atom. The van der Waals surface area contributed by atoms with Crippen molar-refractivity contribution in [3.05, 3.63) is 71.8 Å². The van der Waals surface area contributed by atoms with Gasteiger partial charge in [-0.1, -0.05) is 48.6 Å². The molecule has 0 radical (unpaired) electrons. The molecule has 2 N–H and O–H groups in total. The maximum absolute atomic E-state index is 10.9. The average Bonchev–Trinajstić information content (AvgIpc) is 3.28. The third kappa shape index (κ3) is 2.37. The fraction of sp³-hybridized carbons (Fsp3) is 0.364. The maximum Gasteiger partial charge on any atom is 0.106 e. The van der Waals surface area contributed by atoms with E-state index in [0.717, 1.165) is 25.9 Å². The van der Waals surface area contributed by atoms with Gasteiger partial charge in [-0.15, -0.1) is 0 Å². The predicted molar refractivity (Wildman–Crippen MR) is 104 cm³/mol. The Morgan fingerprint density at radius 3 is 1.54 bits per heavy atom. The molecule has 2 heterocycles. The number of aliphatic hydroxyl groups excluding tert-OH is 2. The van der Waals surface area contributed by atoms with Gasteiger partial charge in [0.1, 0.15) is 12.2 Å². The third-order valence-corrected chi connectivity index (χ3v) is 6.12. The van der Waals surface area contributed by atoms with Crippen LogP contribution in [0.15, 0.2) is 60.7 Å². The summed E-state index contributed by atoms with van der Waals surface area (Å²) in [5, 5.41) is 21.9. The van der Waals surface area contributed by atoms with Crippen LogP contribution >= 0.6 is 0 Å². The van der Waals surface area contributed by atoms with Gasteiger partial charge in [-0.25, -0.2) is 0 Å². The summed E-state index contributed by atoms with van der Waals surface area (Å²) in [5.74, 6) is 0. The van der Waals surface area contributed by atoms with Gasteiger partial charge in [0.2, 0.25) is 0 Å². The number of rotatable bonds is 2. The summed E-state index contributed by atoms with van der Waals surface area (Å²) < 4.78 is 0. The van der Waals surface area contributed by atoms with Crippen LogP contribution in [0.1, 0.15) is 11.1 Å². The minimum atomic E-state index is -0.802. The summed E-state index contributed by atoms with van der Waals surface area (Å²) in [6.07, 6.45) is 4.56. The highest BCUT2D eigenvalue weighted by Crippen LogP contribution is 2.36. The lowest BCUT2D eigenvalue weighted by molar-refractivity contribution is -0.00188. The van der Waals surface area contributed by atoms with Crippen LogP contribution < -0.4 is 9.80 Å². The van der Waals surface area contributed by atoms with Crippen molar-refractivity contribution in [1.82, 2.24) is 0 Å². The van der Waals surface area contributed by atoms with Gasteiger partial charge in [-0.05, 0) is 36.1 Å². The van der Waals surface area contributed by atoms with Crippen molar-refractivity contribution in [3.8, 4) is 0 Å². The molecule has 1 aliphatic carbocycles. The second-order valence-electron chi connectivity index (χ2n) is 7.49. The largest absolute Gasteiger partial charge is 0.388 e. The van der Waals surface area contributed by atoms with E-state index in [2.05, 4.69) is 58.4 Å². The number of fused-ring (bicyclic) bond motifs is 2. The Balaban J connectivity index is 1.43. The second kappa shape index (κ2) is 6.15. The van der Waals surface area contributed by atoms with Gasteiger partial charge in [0.05, 0.1) is 12.1 Å². The molecule has 4 heteroatoms. The zero-order valence-corrected chi connectivity index (χ0v) is 14.7. The SMILES string of the molecule is O[C@H]1[C@H](O)[C@@H](N2CCc3ccccc32)C=C[C@@H]1N1CCc2ccccc21. The Morgan fingerprint density at radius 2 is 1.08 bits per heavy atom. The van der Waals surface area contributed by atoms with Crippen molar-refractivity contribution >= 4 is 11.4 Å².